The molecule has 1 aliphatic rings. The maximum absolute atomic E-state index is 13.0. The number of hydrogen-bond acceptors (Lipinski definition) is 5. The van der Waals surface area contributed by atoms with Gasteiger partial charge in [0, 0.05) is 38.2 Å². The summed E-state index contributed by atoms with van der Waals surface area (Å²) in [6, 6.07) is 15.3. The first-order chi connectivity index (χ1) is 16.2. The lowest BCUT2D eigenvalue weighted by molar-refractivity contribution is -0.117. The molecule has 0 bridgehead atoms. The van der Waals surface area contributed by atoms with Crippen LogP contribution < -0.4 is 10.9 Å². The van der Waals surface area contributed by atoms with Crippen molar-refractivity contribution in [1.29, 1.82) is 0 Å². The Hall–Kier alpha value is -2.92. The molecule has 180 valence electrons. The van der Waals surface area contributed by atoms with Crippen LogP contribution >= 0.6 is 11.6 Å². The first kappa shape index (κ1) is 24.2. The number of para-hydroxylation sites is 1. The number of carbonyl (C=O) groups is 1. The molecule has 1 N–H and O–H groups in total. The lowest BCUT2D eigenvalue weighted by Crippen LogP contribution is -2.50. The van der Waals surface area contributed by atoms with E-state index in [4.69, 9.17) is 11.6 Å². The Morgan fingerprint density at radius 1 is 1.00 bits per heavy atom. The van der Waals surface area contributed by atoms with E-state index in [0.717, 1.165) is 0 Å². The van der Waals surface area contributed by atoms with Crippen LogP contribution in [0.1, 0.15) is 5.69 Å². The standard InChI is InChI=1S/C23H26ClN5O4S/c1-17-22(23(31)29(26(17)2)19-6-4-3-5-7-19)25-21(30)16-27-12-14-28(15-13-27)34(32,33)20-10-8-18(24)9-11-20/h3-11H,12-16H2,1-2H3,(H,25,30). The summed E-state index contributed by atoms with van der Waals surface area (Å²) in [7, 11) is -1.85. The number of nitrogens with zero attached hydrogens (tertiary/aromatic N) is 4. The Labute approximate surface area is 203 Å². The lowest BCUT2D eigenvalue weighted by atomic mass is 10.3. The molecule has 1 saturated heterocycles. The monoisotopic (exact) mass is 503 g/mol. The number of sulfonamides is 1. The third-order valence-corrected chi connectivity index (χ3v) is 8.13. The molecule has 9 nitrogen and oxygen atoms in total. The SMILES string of the molecule is Cc1c(NC(=O)CN2CCN(S(=O)(=O)c3ccc(Cl)cc3)CC2)c(=O)n(-c2ccccc2)n1C. The highest BCUT2D eigenvalue weighted by atomic mass is 35.5. The van der Waals surface area contributed by atoms with Crippen LogP contribution in [0.3, 0.4) is 0 Å². The molecule has 0 atom stereocenters. The summed E-state index contributed by atoms with van der Waals surface area (Å²) in [4.78, 5) is 27.8. The molecule has 1 aromatic heterocycles. The van der Waals surface area contributed by atoms with E-state index < -0.39 is 10.0 Å². The minimum Gasteiger partial charge on any atom is -0.319 e. The summed E-state index contributed by atoms with van der Waals surface area (Å²) in [6.07, 6.45) is 0. The molecular formula is C23H26ClN5O4S. The highest BCUT2D eigenvalue weighted by Crippen LogP contribution is 2.20. The van der Waals surface area contributed by atoms with Gasteiger partial charge in [-0.2, -0.15) is 4.31 Å². The number of benzene rings is 2. The van der Waals surface area contributed by atoms with Crippen molar-refractivity contribution in [3.05, 3.63) is 75.7 Å². The third kappa shape index (κ3) is 4.80. The van der Waals surface area contributed by atoms with Crippen molar-refractivity contribution in [3.63, 3.8) is 0 Å². The molecule has 0 aliphatic carbocycles. The van der Waals surface area contributed by atoms with E-state index in [1.807, 2.05) is 35.2 Å². The van der Waals surface area contributed by atoms with Crippen LogP contribution in [0.15, 0.2) is 64.3 Å². The number of halogens is 1. The maximum Gasteiger partial charge on any atom is 0.295 e. The summed E-state index contributed by atoms with van der Waals surface area (Å²) in [5, 5.41) is 3.22. The zero-order valence-corrected chi connectivity index (χ0v) is 20.5. The van der Waals surface area contributed by atoms with Crippen LogP contribution in [0.4, 0.5) is 5.69 Å². The van der Waals surface area contributed by atoms with Gasteiger partial charge in [0.2, 0.25) is 15.9 Å². The molecule has 1 amide bonds. The predicted molar refractivity (Wildman–Crippen MR) is 131 cm³/mol. The fraction of sp³-hybridized carbons (Fsp3) is 0.304. The summed E-state index contributed by atoms with van der Waals surface area (Å²) < 4.78 is 30.3. The predicted octanol–water partition coefficient (Wildman–Crippen LogP) is 2.08. The molecule has 1 fully saturated rings. The zero-order valence-electron chi connectivity index (χ0n) is 18.9. The molecule has 4 rings (SSSR count). The van der Waals surface area contributed by atoms with Gasteiger partial charge in [-0.15, -0.1) is 0 Å². The molecule has 34 heavy (non-hydrogen) atoms. The van der Waals surface area contributed by atoms with Crippen molar-refractivity contribution in [1.82, 2.24) is 18.6 Å². The fourth-order valence-electron chi connectivity index (χ4n) is 3.98. The van der Waals surface area contributed by atoms with Gasteiger partial charge >= 0.3 is 0 Å². The van der Waals surface area contributed by atoms with Crippen LogP contribution in [0.25, 0.3) is 5.69 Å². The lowest BCUT2D eigenvalue weighted by Gasteiger charge is -2.33. The molecule has 11 heteroatoms. The highest BCUT2D eigenvalue weighted by Gasteiger charge is 2.29. The van der Waals surface area contributed by atoms with Crippen molar-refractivity contribution in [3.8, 4) is 5.69 Å². The topological polar surface area (TPSA) is 96.7 Å². The molecule has 0 spiro atoms. The Morgan fingerprint density at radius 2 is 1.62 bits per heavy atom. The summed E-state index contributed by atoms with van der Waals surface area (Å²) in [5.74, 6) is -0.319. The summed E-state index contributed by atoms with van der Waals surface area (Å²) in [5.41, 5.74) is 1.27. The van der Waals surface area contributed by atoms with Crippen LogP contribution in [0.5, 0.6) is 0 Å². The van der Waals surface area contributed by atoms with E-state index in [9.17, 15) is 18.0 Å². The number of anilines is 1. The van der Waals surface area contributed by atoms with Gasteiger partial charge < -0.3 is 5.32 Å². The third-order valence-electron chi connectivity index (χ3n) is 5.97. The number of nitrogens with one attached hydrogen (secondary N) is 1. The maximum atomic E-state index is 13.0. The summed E-state index contributed by atoms with van der Waals surface area (Å²) >= 11 is 5.86. The van der Waals surface area contributed by atoms with Gasteiger partial charge in [-0.3, -0.25) is 19.2 Å². The quantitative estimate of drug-likeness (QED) is 0.555. The van der Waals surface area contributed by atoms with E-state index >= 15 is 0 Å². The van der Waals surface area contributed by atoms with Crippen molar-refractivity contribution in [2.75, 3.05) is 38.0 Å². The average molecular weight is 504 g/mol. The van der Waals surface area contributed by atoms with Crippen molar-refractivity contribution >= 4 is 33.2 Å². The van der Waals surface area contributed by atoms with E-state index in [-0.39, 0.29) is 41.7 Å². The number of rotatable bonds is 6. The van der Waals surface area contributed by atoms with Crippen LogP contribution in [-0.4, -0.2) is 65.6 Å². The Balaban J connectivity index is 1.39. The summed E-state index contributed by atoms with van der Waals surface area (Å²) in [6.45, 7) is 3.18. The van der Waals surface area contributed by atoms with E-state index in [1.54, 1.807) is 30.8 Å². The van der Waals surface area contributed by atoms with E-state index in [0.29, 0.717) is 29.5 Å². The molecule has 0 unspecified atom stereocenters. The largest absolute Gasteiger partial charge is 0.319 e. The fourth-order valence-corrected chi connectivity index (χ4v) is 5.53. The van der Waals surface area contributed by atoms with E-state index in [1.165, 1.54) is 21.1 Å². The van der Waals surface area contributed by atoms with Gasteiger partial charge in [0.25, 0.3) is 5.56 Å². The van der Waals surface area contributed by atoms with Gasteiger partial charge in [0.05, 0.1) is 22.8 Å². The number of aromatic nitrogens is 2. The molecule has 2 heterocycles. The van der Waals surface area contributed by atoms with Crippen molar-refractivity contribution in [2.24, 2.45) is 7.05 Å². The Morgan fingerprint density at radius 3 is 2.24 bits per heavy atom. The second kappa shape index (κ2) is 9.75. The average Bonchev–Trinajstić information content (AvgIpc) is 3.03. The minimum absolute atomic E-state index is 0.0634. The number of piperazine rings is 1. The number of amides is 1. The Kier molecular flexibility index (Phi) is 6.94. The second-order valence-electron chi connectivity index (χ2n) is 8.12. The number of carbonyl (C=O) groups excluding carboxylic acids is 1. The first-order valence-electron chi connectivity index (χ1n) is 10.8. The smallest absolute Gasteiger partial charge is 0.295 e. The van der Waals surface area contributed by atoms with Crippen LogP contribution in [0.2, 0.25) is 5.02 Å². The molecule has 2 aromatic carbocycles. The molecule has 0 radical (unpaired) electrons. The zero-order chi connectivity index (χ0) is 24.5. The van der Waals surface area contributed by atoms with Crippen molar-refractivity contribution in [2.45, 2.75) is 11.8 Å². The first-order valence-corrected chi connectivity index (χ1v) is 12.6. The van der Waals surface area contributed by atoms with Gasteiger partial charge in [-0.25, -0.2) is 13.1 Å². The minimum atomic E-state index is -3.62. The second-order valence-corrected chi connectivity index (χ2v) is 10.5. The molecular weight excluding hydrogens is 478 g/mol. The van der Waals surface area contributed by atoms with Gasteiger partial charge in [-0.05, 0) is 43.3 Å². The van der Waals surface area contributed by atoms with Crippen LogP contribution in [0, 0.1) is 6.92 Å². The van der Waals surface area contributed by atoms with E-state index in [2.05, 4.69) is 5.32 Å². The molecule has 1 aliphatic heterocycles. The van der Waals surface area contributed by atoms with Gasteiger partial charge in [0.15, 0.2) is 0 Å². The van der Waals surface area contributed by atoms with Gasteiger partial charge in [-0.1, -0.05) is 29.8 Å². The Bertz CT molecular complexity index is 1340. The molecule has 3 aromatic rings. The van der Waals surface area contributed by atoms with Crippen LogP contribution in [-0.2, 0) is 21.9 Å². The van der Waals surface area contributed by atoms with Crippen molar-refractivity contribution < 1.29 is 13.2 Å². The molecule has 0 saturated carbocycles. The highest BCUT2D eigenvalue weighted by molar-refractivity contribution is 7.89. The normalized spacial score (nSPS) is 15.4. The number of hydrogen-bond donors (Lipinski definition) is 1. The van der Waals surface area contributed by atoms with Gasteiger partial charge in [0.1, 0.15) is 5.69 Å².